The number of primary amides is 1. The third-order valence-electron chi connectivity index (χ3n) is 2.67. The number of benzene rings is 1. The van der Waals surface area contributed by atoms with Gasteiger partial charge in [-0.1, -0.05) is 0 Å². The SMILES string of the molecule is CC(C)(C)OC(N)=O.c1cc2c3cc1NC3CN2. The van der Waals surface area contributed by atoms with E-state index in [1.54, 1.807) is 20.8 Å². The van der Waals surface area contributed by atoms with E-state index in [-0.39, 0.29) is 0 Å². The molecule has 5 nitrogen and oxygen atoms in total. The van der Waals surface area contributed by atoms with Crippen LogP contribution in [-0.4, -0.2) is 18.2 Å². The maximum absolute atomic E-state index is 10.0. The number of hydrogen-bond acceptors (Lipinski definition) is 4. The van der Waals surface area contributed by atoms with Crippen molar-refractivity contribution in [1.82, 2.24) is 0 Å². The van der Waals surface area contributed by atoms with Crippen molar-refractivity contribution in [3.05, 3.63) is 23.8 Å². The lowest BCUT2D eigenvalue weighted by Gasteiger charge is -2.16. The van der Waals surface area contributed by atoms with Gasteiger partial charge in [-0.05, 0) is 39.0 Å². The number of amides is 1. The van der Waals surface area contributed by atoms with Crippen molar-refractivity contribution < 1.29 is 9.53 Å². The molecule has 3 rings (SSSR count). The van der Waals surface area contributed by atoms with Gasteiger partial charge < -0.3 is 21.1 Å². The fourth-order valence-electron chi connectivity index (χ4n) is 2.06. The Morgan fingerprint density at radius 3 is 2.72 bits per heavy atom. The minimum Gasteiger partial charge on any atom is -0.444 e. The first-order chi connectivity index (χ1) is 8.35. The molecule has 0 fully saturated rings. The average molecular weight is 249 g/mol. The van der Waals surface area contributed by atoms with E-state index in [1.165, 1.54) is 16.9 Å². The number of nitrogens with two attached hydrogens (primary N) is 1. The topological polar surface area (TPSA) is 76.4 Å². The van der Waals surface area contributed by atoms with Crippen molar-refractivity contribution in [1.29, 1.82) is 0 Å². The highest BCUT2D eigenvalue weighted by molar-refractivity contribution is 5.70. The van der Waals surface area contributed by atoms with Crippen LogP contribution in [0.3, 0.4) is 0 Å². The summed E-state index contributed by atoms with van der Waals surface area (Å²) < 4.78 is 4.58. The molecular formula is C13H19N3O2. The van der Waals surface area contributed by atoms with E-state index in [9.17, 15) is 4.79 Å². The molecule has 0 radical (unpaired) electrons. The Bertz CT molecular complexity index is 466. The van der Waals surface area contributed by atoms with E-state index >= 15 is 0 Å². The summed E-state index contributed by atoms with van der Waals surface area (Å²) in [6, 6.07) is 7.04. The van der Waals surface area contributed by atoms with Crippen molar-refractivity contribution in [2.24, 2.45) is 5.73 Å². The summed E-state index contributed by atoms with van der Waals surface area (Å²) >= 11 is 0. The van der Waals surface area contributed by atoms with Gasteiger partial charge in [0.1, 0.15) is 5.60 Å². The molecule has 1 unspecified atom stereocenters. The minimum atomic E-state index is -0.725. The van der Waals surface area contributed by atoms with Gasteiger partial charge in [-0.2, -0.15) is 0 Å². The number of ether oxygens (including phenoxy) is 1. The van der Waals surface area contributed by atoms with Crippen LogP contribution in [0.25, 0.3) is 0 Å². The number of rotatable bonds is 0. The highest BCUT2D eigenvalue weighted by Gasteiger charge is 2.26. The Kier molecular flexibility index (Phi) is 3.07. The third kappa shape index (κ3) is 2.85. The molecule has 0 aromatic heterocycles. The maximum Gasteiger partial charge on any atom is 0.405 e. The van der Waals surface area contributed by atoms with Gasteiger partial charge in [0.15, 0.2) is 0 Å². The molecule has 0 spiro atoms. The molecule has 1 atom stereocenters. The number of fused-ring (bicyclic) bond motifs is 1. The van der Waals surface area contributed by atoms with E-state index in [4.69, 9.17) is 5.73 Å². The van der Waals surface area contributed by atoms with Gasteiger partial charge in [0.05, 0.1) is 6.04 Å². The molecule has 1 aromatic carbocycles. The van der Waals surface area contributed by atoms with Crippen LogP contribution in [0.2, 0.25) is 0 Å². The normalized spacial score (nSPS) is 18.3. The Balaban J connectivity index is 0.000000139. The second kappa shape index (κ2) is 4.40. The van der Waals surface area contributed by atoms with Crippen LogP contribution in [0.5, 0.6) is 0 Å². The highest BCUT2D eigenvalue weighted by Crippen LogP contribution is 2.39. The largest absolute Gasteiger partial charge is 0.444 e. The van der Waals surface area contributed by atoms with E-state index in [2.05, 4.69) is 33.6 Å². The van der Waals surface area contributed by atoms with E-state index < -0.39 is 11.7 Å². The predicted octanol–water partition coefficient (Wildman–Crippen LogP) is 2.46. The standard InChI is InChI=1S/C8H8N2.C5H11NO2/c1-2-7-6-3-5(1)10-8(6)4-9-7;1-5(2,3)8-4(6)7/h1-3,8-10H,4H2;1-3H3,(H2,6,7). The van der Waals surface area contributed by atoms with E-state index in [1.807, 2.05) is 0 Å². The van der Waals surface area contributed by atoms with Crippen LogP contribution >= 0.6 is 0 Å². The molecule has 18 heavy (non-hydrogen) atoms. The molecule has 0 saturated heterocycles. The quantitative estimate of drug-likeness (QED) is 0.660. The van der Waals surface area contributed by atoms with Gasteiger partial charge in [0.25, 0.3) is 0 Å². The zero-order valence-corrected chi connectivity index (χ0v) is 10.9. The monoisotopic (exact) mass is 249 g/mol. The molecule has 2 bridgehead atoms. The zero-order valence-electron chi connectivity index (χ0n) is 10.9. The smallest absolute Gasteiger partial charge is 0.405 e. The number of carbonyl (C=O) groups excluding carboxylic acids is 1. The predicted molar refractivity (Wildman–Crippen MR) is 71.7 cm³/mol. The van der Waals surface area contributed by atoms with Crippen LogP contribution in [0.1, 0.15) is 32.4 Å². The summed E-state index contributed by atoms with van der Waals surface area (Å²) in [6.07, 6.45) is -0.725. The van der Waals surface area contributed by atoms with E-state index in [0.29, 0.717) is 6.04 Å². The van der Waals surface area contributed by atoms with Crippen molar-refractivity contribution in [2.75, 3.05) is 17.2 Å². The van der Waals surface area contributed by atoms with Crippen LogP contribution in [0.4, 0.5) is 16.2 Å². The number of nitrogens with one attached hydrogen (secondary N) is 2. The van der Waals surface area contributed by atoms with Crippen molar-refractivity contribution in [2.45, 2.75) is 32.4 Å². The van der Waals surface area contributed by atoms with Gasteiger partial charge in [-0.3, -0.25) is 0 Å². The third-order valence-corrected chi connectivity index (χ3v) is 2.67. The summed E-state index contributed by atoms with van der Waals surface area (Å²) in [4.78, 5) is 10.0. The van der Waals surface area contributed by atoms with Gasteiger partial charge >= 0.3 is 6.09 Å². The number of hydrogen-bond donors (Lipinski definition) is 3. The average Bonchev–Trinajstić information content (AvgIpc) is 2.67. The zero-order chi connectivity index (χ0) is 13.3. The van der Waals surface area contributed by atoms with Gasteiger partial charge in [0, 0.05) is 23.5 Å². The fourth-order valence-corrected chi connectivity index (χ4v) is 2.06. The molecule has 0 saturated carbocycles. The van der Waals surface area contributed by atoms with E-state index in [0.717, 1.165) is 6.54 Å². The summed E-state index contributed by atoms with van der Waals surface area (Å²) in [7, 11) is 0. The number of carbonyl (C=O) groups is 1. The Morgan fingerprint density at radius 1 is 1.44 bits per heavy atom. The van der Waals surface area contributed by atoms with Crippen LogP contribution in [0, 0.1) is 0 Å². The van der Waals surface area contributed by atoms with Crippen molar-refractivity contribution in [3.8, 4) is 0 Å². The molecule has 5 heteroatoms. The summed E-state index contributed by atoms with van der Waals surface area (Å²) in [5.41, 5.74) is 8.28. The fraction of sp³-hybridized carbons (Fsp3) is 0.462. The van der Waals surface area contributed by atoms with Crippen LogP contribution in [0.15, 0.2) is 18.2 Å². The van der Waals surface area contributed by atoms with Crippen LogP contribution in [-0.2, 0) is 4.74 Å². The first-order valence-electron chi connectivity index (χ1n) is 5.98. The first-order valence-corrected chi connectivity index (χ1v) is 5.98. The Hall–Kier alpha value is -1.91. The Labute approximate surface area is 107 Å². The van der Waals surface area contributed by atoms with Crippen molar-refractivity contribution >= 4 is 17.5 Å². The first kappa shape index (κ1) is 12.5. The second-order valence-electron chi connectivity index (χ2n) is 5.41. The molecule has 1 aromatic rings. The molecule has 0 aliphatic carbocycles. The molecule has 2 heterocycles. The van der Waals surface area contributed by atoms with Crippen molar-refractivity contribution in [3.63, 3.8) is 0 Å². The molecule has 98 valence electrons. The molecule has 4 N–H and O–H groups in total. The lowest BCUT2D eigenvalue weighted by Crippen LogP contribution is -2.27. The summed E-state index contributed by atoms with van der Waals surface area (Å²) in [6.45, 7) is 6.34. The maximum atomic E-state index is 10.0. The van der Waals surface area contributed by atoms with Gasteiger partial charge in [-0.15, -0.1) is 0 Å². The lowest BCUT2D eigenvalue weighted by atomic mass is 10.2. The summed E-state index contributed by atoms with van der Waals surface area (Å²) in [5, 5.41) is 6.73. The summed E-state index contributed by atoms with van der Waals surface area (Å²) in [5.74, 6) is 0. The molecule has 2 aliphatic heterocycles. The highest BCUT2D eigenvalue weighted by atomic mass is 16.6. The number of anilines is 2. The Morgan fingerprint density at radius 2 is 2.17 bits per heavy atom. The van der Waals surface area contributed by atoms with Gasteiger partial charge in [0.2, 0.25) is 0 Å². The van der Waals surface area contributed by atoms with Gasteiger partial charge in [-0.25, -0.2) is 4.79 Å². The molecule has 1 amide bonds. The lowest BCUT2D eigenvalue weighted by molar-refractivity contribution is 0.0600. The molecule has 2 aliphatic rings. The minimum absolute atomic E-state index is 0.453. The second-order valence-corrected chi connectivity index (χ2v) is 5.41. The van der Waals surface area contributed by atoms with Crippen LogP contribution < -0.4 is 16.4 Å². The molecular weight excluding hydrogens is 230 g/mol.